The van der Waals surface area contributed by atoms with Crippen molar-refractivity contribution in [2.75, 3.05) is 20.1 Å². The van der Waals surface area contributed by atoms with Crippen molar-refractivity contribution in [3.8, 4) is 0 Å². The van der Waals surface area contributed by atoms with Crippen LogP contribution in [0.5, 0.6) is 0 Å². The van der Waals surface area contributed by atoms with Crippen molar-refractivity contribution >= 4 is 11.8 Å². The van der Waals surface area contributed by atoms with E-state index >= 15 is 0 Å². The number of carbonyl (C=O) groups excluding carboxylic acids is 2. The Kier molecular flexibility index (Phi) is 4.80. The van der Waals surface area contributed by atoms with Gasteiger partial charge < -0.3 is 16.0 Å². The van der Waals surface area contributed by atoms with Gasteiger partial charge in [-0.2, -0.15) is 0 Å². The lowest BCUT2D eigenvalue weighted by atomic mass is 9.84. The predicted molar refractivity (Wildman–Crippen MR) is 73.3 cm³/mol. The lowest BCUT2D eigenvalue weighted by Gasteiger charge is -2.35. The van der Waals surface area contributed by atoms with E-state index in [-0.39, 0.29) is 29.7 Å². The Bertz CT molecular complexity index is 338. The maximum Gasteiger partial charge on any atom is 0.225 e. The van der Waals surface area contributed by atoms with Gasteiger partial charge in [-0.1, -0.05) is 6.42 Å². The second kappa shape index (κ2) is 6.37. The summed E-state index contributed by atoms with van der Waals surface area (Å²) in [5.74, 6) is 0.542. The van der Waals surface area contributed by atoms with E-state index in [0.29, 0.717) is 13.1 Å². The first-order valence-corrected chi connectivity index (χ1v) is 7.37. The predicted octanol–water partition coefficient (Wildman–Crippen LogP) is 0.489. The zero-order valence-electron chi connectivity index (χ0n) is 11.7. The Balaban J connectivity index is 1.83. The first kappa shape index (κ1) is 14.3. The van der Waals surface area contributed by atoms with Crippen molar-refractivity contribution in [2.45, 2.75) is 44.6 Å². The average molecular weight is 267 g/mol. The van der Waals surface area contributed by atoms with Crippen LogP contribution in [0, 0.1) is 11.8 Å². The van der Waals surface area contributed by atoms with Gasteiger partial charge in [0.05, 0.1) is 0 Å². The fraction of sp³-hybridized carbons (Fsp3) is 0.857. The van der Waals surface area contributed by atoms with Crippen molar-refractivity contribution in [1.82, 2.24) is 10.2 Å². The molecule has 0 bridgehead atoms. The van der Waals surface area contributed by atoms with Gasteiger partial charge in [0, 0.05) is 38.0 Å². The summed E-state index contributed by atoms with van der Waals surface area (Å²) in [6, 6.07) is 0.186. The minimum atomic E-state index is 0.0719. The highest BCUT2D eigenvalue weighted by Crippen LogP contribution is 2.27. The summed E-state index contributed by atoms with van der Waals surface area (Å²) in [5, 5.41) is 2.69. The highest BCUT2D eigenvalue weighted by molar-refractivity contribution is 5.81. The van der Waals surface area contributed by atoms with Gasteiger partial charge in [0.1, 0.15) is 0 Å². The van der Waals surface area contributed by atoms with Crippen LogP contribution in [-0.2, 0) is 9.59 Å². The molecule has 2 unspecified atom stereocenters. The number of nitrogens with one attached hydrogen (secondary N) is 1. The van der Waals surface area contributed by atoms with Crippen molar-refractivity contribution < 1.29 is 9.59 Å². The smallest absolute Gasteiger partial charge is 0.225 e. The van der Waals surface area contributed by atoms with Crippen molar-refractivity contribution in [3.63, 3.8) is 0 Å². The second-order valence-corrected chi connectivity index (χ2v) is 5.84. The molecule has 3 N–H and O–H groups in total. The lowest BCUT2D eigenvalue weighted by molar-refractivity contribution is -0.140. The summed E-state index contributed by atoms with van der Waals surface area (Å²) in [6.07, 6.45) is 5.47. The lowest BCUT2D eigenvalue weighted by Crippen LogP contribution is -2.46. The molecule has 1 heterocycles. The van der Waals surface area contributed by atoms with Crippen LogP contribution in [0.4, 0.5) is 0 Å². The molecule has 19 heavy (non-hydrogen) atoms. The monoisotopic (exact) mass is 267 g/mol. The Hall–Kier alpha value is -1.10. The second-order valence-electron chi connectivity index (χ2n) is 5.84. The number of hydrogen-bond acceptors (Lipinski definition) is 3. The van der Waals surface area contributed by atoms with Gasteiger partial charge in [-0.25, -0.2) is 0 Å². The zero-order valence-corrected chi connectivity index (χ0v) is 11.7. The van der Waals surface area contributed by atoms with E-state index in [1.54, 1.807) is 7.05 Å². The molecule has 2 rings (SSSR count). The molecule has 2 fully saturated rings. The SMILES string of the molecule is CNC(=O)C1CCN(C(=O)C2CCCC(N)C2)CC1. The molecule has 0 radical (unpaired) electrons. The molecule has 2 atom stereocenters. The first-order chi connectivity index (χ1) is 9.11. The Morgan fingerprint density at radius 1 is 1.11 bits per heavy atom. The number of nitrogens with zero attached hydrogens (tertiary/aromatic N) is 1. The molecule has 1 aliphatic carbocycles. The number of likely N-dealkylation sites (tertiary alicyclic amines) is 1. The third-order valence-corrected chi connectivity index (χ3v) is 4.49. The molecular formula is C14H25N3O2. The molecule has 108 valence electrons. The number of carbonyl (C=O) groups is 2. The van der Waals surface area contributed by atoms with Crippen molar-refractivity contribution in [3.05, 3.63) is 0 Å². The number of hydrogen-bond donors (Lipinski definition) is 2. The van der Waals surface area contributed by atoms with Crippen LogP contribution in [0.25, 0.3) is 0 Å². The van der Waals surface area contributed by atoms with Crippen molar-refractivity contribution in [1.29, 1.82) is 0 Å². The average Bonchev–Trinajstić information content (AvgIpc) is 2.46. The van der Waals surface area contributed by atoms with Gasteiger partial charge >= 0.3 is 0 Å². The highest BCUT2D eigenvalue weighted by Gasteiger charge is 2.32. The van der Waals surface area contributed by atoms with Gasteiger partial charge in [-0.3, -0.25) is 9.59 Å². The van der Waals surface area contributed by atoms with Crippen LogP contribution in [0.3, 0.4) is 0 Å². The summed E-state index contributed by atoms with van der Waals surface area (Å²) in [6.45, 7) is 1.42. The maximum absolute atomic E-state index is 12.4. The molecule has 2 aliphatic rings. The standard InChI is InChI=1S/C14H25N3O2/c1-16-13(18)10-5-7-17(8-6-10)14(19)11-3-2-4-12(15)9-11/h10-12H,2-9,15H2,1H3,(H,16,18). The third-order valence-electron chi connectivity index (χ3n) is 4.49. The summed E-state index contributed by atoms with van der Waals surface area (Å²) in [5.41, 5.74) is 5.95. The Morgan fingerprint density at radius 2 is 1.79 bits per heavy atom. The summed E-state index contributed by atoms with van der Waals surface area (Å²) in [7, 11) is 1.67. The van der Waals surface area contributed by atoms with E-state index in [1.165, 1.54) is 0 Å². The minimum absolute atomic E-state index is 0.0719. The fourth-order valence-corrected chi connectivity index (χ4v) is 3.28. The third kappa shape index (κ3) is 3.47. The largest absolute Gasteiger partial charge is 0.359 e. The van der Waals surface area contributed by atoms with Gasteiger partial charge in [0.15, 0.2) is 0 Å². The van der Waals surface area contributed by atoms with E-state index in [1.807, 2.05) is 4.90 Å². The normalized spacial score (nSPS) is 29.1. The molecule has 1 saturated heterocycles. The molecule has 1 aliphatic heterocycles. The van der Waals surface area contributed by atoms with Gasteiger partial charge in [0.2, 0.25) is 11.8 Å². The summed E-state index contributed by atoms with van der Waals surface area (Å²) in [4.78, 5) is 25.9. The molecule has 0 aromatic carbocycles. The molecule has 0 aromatic heterocycles. The summed E-state index contributed by atoms with van der Waals surface area (Å²) >= 11 is 0. The summed E-state index contributed by atoms with van der Waals surface area (Å²) < 4.78 is 0. The first-order valence-electron chi connectivity index (χ1n) is 7.37. The van der Waals surface area contributed by atoms with Gasteiger partial charge in [-0.15, -0.1) is 0 Å². The topological polar surface area (TPSA) is 75.4 Å². The van der Waals surface area contributed by atoms with Crippen LogP contribution in [-0.4, -0.2) is 42.9 Å². The number of amides is 2. The number of rotatable bonds is 2. The van der Waals surface area contributed by atoms with Gasteiger partial charge in [-0.05, 0) is 32.1 Å². The molecule has 5 nitrogen and oxygen atoms in total. The maximum atomic E-state index is 12.4. The fourth-order valence-electron chi connectivity index (χ4n) is 3.28. The van der Waals surface area contributed by atoms with Gasteiger partial charge in [0.25, 0.3) is 0 Å². The zero-order chi connectivity index (χ0) is 13.8. The molecule has 1 saturated carbocycles. The van der Waals surface area contributed by atoms with E-state index in [2.05, 4.69) is 5.32 Å². The van der Waals surface area contributed by atoms with E-state index in [4.69, 9.17) is 5.73 Å². The molecule has 5 heteroatoms. The van der Waals surface area contributed by atoms with Crippen molar-refractivity contribution in [2.24, 2.45) is 17.6 Å². The van der Waals surface area contributed by atoms with E-state index in [0.717, 1.165) is 38.5 Å². The Labute approximate surface area is 114 Å². The van der Waals surface area contributed by atoms with Crippen LogP contribution in [0.15, 0.2) is 0 Å². The van der Waals surface area contributed by atoms with Crippen LogP contribution in [0.2, 0.25) is 0 Å². The van der Waals surface area contributed by atoms with Crippen LogP contribution < -0.4 is 11.1 Å². The van der Waals surface area contributed by atoms with E-state index < -0.39 is 0 Å². The van der Waals surface area contributed by atoms with Crippen LogP contribution >= 0.6 is 0 Å². The molecule has 0 spiro atoms. The van der Waals surface area contributed by atoms with Crippen LogP contribution in [0.1, 0.15) is 38.5 Å². The quantitative estimate of drug-likeness (QED) is 0.764. The van der Waals surface area contributed by atoms with E-state index in [9.17, 15) is 9.59 Å². The molecule has 0 aromatic rings. The highest BCUT2D eigenvalue weighted by atomic mass is 16.2. The Morgan fingerprint density at radius 3 is 2.37 bits per heavy atom. The molecular weight excluding hydrogens is 242 g/mol. The minimum Gasteiger partial charge on any atom is -0.359 e. The number of nitrogens with two attached hydrogens (primary N) is 1. The number of piperidine rings is 1. The molecule has 2 amide bonds.